The Morgan fingerprint density at radius 3 is 2.17 bits per heavy atom. The van der Waals surface area contributed by atoms with E-state index in [1.807, 2.05) is 12.1 Å². The first-order valence-electron chi connectivity index (χ1n) is 9.73. The van der Waals surface area contributed by atoms with Crippen molar-refractivity contribution in [2.45, 2.75) is 37.9 Å². The van der Waals surface area contributed by atoms with Gasteiger partial charge in [0.1, 0.15) is 0 Å². The lowest BCUT2D eigenvalue weighted by Crippen LogP contribution is -2.46. The van der Waals surface area contributed by atoms with Gasteiger partial charge >= 0.3 is 6.18 Å². The smallest absolute Gasteiger partial charge is 0.349 e. The van der Waals surface area contributed by atoms with E-state index in [1.165, 1.54) is 12.1 Å². The molecule has 2 aromatic rings. The molecule has 2 amide bonds. The van der Waals surface area contributed by atoms with Crippen molar-refractivity contribution < 1.29 is 22.8 Å². The molecule has 0 radical (unpaired) electrons. The fraction of sp³-hybridized carbons (Fsp3) is 0.364. The molecule has 4 nitrogen and oxygen atoms in total. The second-order valence-electron chi connectivity index (χ2n) is 7.33. The number of nitrogens with one attached hydrogen (secondary N) is 1. The van der Waals surface area contributed by atoms with E-state index in [9.17, 15) is 22.8 Å². The number of piperidine rings is 1. The van der Waals surface area contributed by atoms with E-state index in [1.54, 1.807) is 17.0 Å². The average Bonchev–Trinajstić information content (AvgIpc) is 2.73. The Kier molecular flexibility index (Phi) is 7.02. The van der Waals surface area contributed by atoms with E-state index >= 15 is 0 Å². The third-order valence-corrected chi connectivity index (χ3v) is 5.45. The largest absolute Gasteiger partial charge is 0.416 e. The zero-order valence-corrected chi connectivity index (χ0v) is 17.0. The molecule has 1 aliphatic rings. The highest BCUT2D eigenvalue weighted by Crippen LogP contribution is 2.29. The van der Waals surface area contributed by atoms with Gasteiger partial charge < -0.3 is 10.2 Å². The van der Waals surface area contributed by atoms with Crippen LogP contribution in [0, 0.1) is 0 Å². The summed E-state index contributed by atoms with van der Waals surface area (Å²) in [7, 11) is 0. The first kappa shape index (κ1) is 22.2. The fourth-order valence-electron chi connectivity index (χ4n) is 3.41. The number of halogens is 4. The molecule has 0 spiro atoms. The molecule has 0 bridgehead atoms. The Labute approximate surface area is 178 Å². The monoisotopic (exact) mass is 438 g/mol. The molecule has 1 N–H and O–H groups in total. The van der Waals surface area contributed by atoms with Gasteiger partial charge in [-0.25, -0.2) is 0 Å². The number of carbonyl (C=O) groups is 2. The van der Waals surface area contributed by atoms with Crippen LogP contribution in [0.2, 0.25) is 5.02 Å². The number of benzene rings is 2. The molecule has 8 heteroatoms. The van der Waals surface area contributed by atoms with Gasteiger partial charge in [0.15, 0.2) is 0 Å². The Hall–Kier alpha value is -2.54. The highest BCUT2D eigenvalue weighted by atomic mass is 35.5. The molecule has 0 saturated carbocycles. The predicted octanol–water partition coefficient (Wildman–Crippen LogP) is 4.71. The first-order chi connectivity index (χ1) is 14.2. The summed E-state index contributed by atoms with van der Waals surface area (Å²) in [5, 5.41) is 3.50. The maximum Gasteiger partial charge on any atom is 0.416 e. The van der Waals surface area contributed by atoms with Crippen LogP contribution < -0.4 is 5.32 Å². The van der Waals surface area contributed by atoms with E-state index in [0.29, 0.717) is 43.8 Å². The molecule has 1 fully saturated rings. The lowest BCUT2D eigenvalue weighted by Gasteiger charge is -2.32. The normalized spacial score (nSPS) is 15.1. The van der Waals surface area contributed by atoms with E-state index in [4.69, 9.17) is 11.6 Å². The molecule has 30 heavy (non-hydrogen) atoms. The lowest BCUT2D eigenvalue weighted by atomic mass is 10.0. The van der Waals surface area contributed by atoms with Crippen LogP contribution in [0.4, 0.5) is 13.2 Å². The van der Waals surface area contributed by atoms with Gasteiger partial charge in [0.2, 0.25) is 5.91 Å². The number of aryl methyl sites for hydroxylation is 1. The van der Waals surface area contributed by atoms with E-state index in [-0.39, 0.29) is 17.5 Å². The van der Waals surface area contributed by atoms with Crippen molar-refractivity contribution in [1.82, 2.24) is 10.2 Å². The van der Waals surface area contributed by atoms with Gasteiger partial charge in [-0.2, -0.15) is 13.2 Å². The van der Waals surface area contributed by atoms with Crippen LogP contribution in [-0.4, -0.2) is 35.8 Å². The van der Waals surface area contributed by atoms with Crippen LogP contribution in [0.5, 0.6) is 0 Å². The van der Waals surface area contributed by atoms with Gasteiger partial charge in [0, 0.05) is 36.1 Å². The Bertz CT molecular complexity index is 875. The van der Waals surface area contributed by atoms with E-state index in [2.05, 4.69) is 5.32 Å². The molecule has 1 saturated heterocycles. The minimum atomic E-state index is -4.43. The molecule has 160 valence electrons. The number of carbonyl (C=O) groups excluding carboxylic acids is 2. The molecule has 0 aromatic heterocycles. The zero-order valence-electron chi connectivity index (χ0n) is 16.2. The van der Waals surface area contributed by atoms with Gasteiger partial charge in [-0.05, 0) is 61.2 Å². The summed E-state index contributed by atoms with van der Waals surface area (Å²) in [5.41, 5.74) is 0.445. The van der Waals surface area contributed by atoms with Crippen LogP contribution >= 0.6 is 11.6 Å². The predicted molar refractivity (Wildman–Crippen MR) is 108 cm³/mol. The van der Waals surface area contributed by atoms with Gasteiger partial charge in [0.25, 0.3) is 5.91 Å². The molecule has 2 aromatic carbocycles. The van der Waals surface area contributed by atoms with Crippen LogP contribution in [0.15, 0.2) is 48.5 Å². The Balaban J connectivity index is 1.44. The fourth-order valence-corrected chi connectivity index (χ4v) is 3.54. The quantitative estimate of drug-likeness (QED) is 0.734. The van der Waals surface area contributed by atoms with Gasteiger partial charge in [-0.15, -0.1) is 0 Å². The molecule has 0 unspecified atom stereocenters. The molecule has 1 aliphatic heterocycles. The van der Waals surface area contributed by atoms with Crippen LogP contribution in [-0.2, 0) is 17.4 Å². The first-order valence-corrected chi connectivity index (χ1v) is 10.1. The van der Waals surface area contributed by atoms with E-state index < -0.39 is 17.6 Å². The molecular formula is C22H22ClF3N2O2. The number of nitrogens with zero attached hydrogens (tertiary/aromatic N) is 1. The second kappa shape index (κ2) is 9.51. The number of likely N-dealkylation sites (tertiary alicyclic amines) is 1. The summed E-state index contributed by atoms with van der Waals surface area (Å²) in [6, 6.07) is 11.4. The molecule has 3 rings (SSSR count). The lowest BCUT2D eigenvalue weighted by molar-refractivity contribution is -0.137. The Morgan fingerprint density at radius 1 is 1.00 bits per heavy atom. The topological polar surface area (TPSA) is 49.4 Å². The summed E-state index contributed by atoms with van der Waals surface area (Å²) in [6.45, 7) is 1.08. The standard InChI is InChI=1S/C22H22ClF3N2O2/c23-18-8-1-15(2-9-18)3-10-20(29)28-13-11-19(12-14-28)27-21(30)16-4-6-17(7-5-16)22(24,25)26/h1-2,4-9,19H,3,10-14H2,(H,27,30). The zero-order chi connectivity index (χ0) is 21.7. The molecule has 1 heterocycles. The number of rotatable bonds is 5. The average molecular weight is 439 g/mol. The van der Waals surface area contributed by atoms with Gasteiger partial charge in [-0.1, -0.05) is 23.7 Å². The summed E-state index contributed by atoms with van der Waals surface area (Å²) < 4.78 is 37.9. The molecule has 0 atom stereocenters. The third kappa shape index (κ3) is 5.98. The summed E-state index contributed by atoms with van der Waals surface area (Å²) in [5.74, 6) is -0.339. The number of amides is 2. The van der Waals surface area contributed by atoms with Crippen molar-refractivity contribution in [2.24, 2.45) is 0 Å². The van der Waals surface area contributed by atoms with Crippen molar-refractivity contribution in [2.75, 3.05) is 13.1 Å². The second-order valence-corrected chi connectivity index (χ2v) is 7.77. The van der Waals surface area contributed by atoms with Gasteiger partial charge in [0.05, 0.1) is 5.56 Å². The van der Waals surface area contributed by atoms with Crippen molar-refractivity contribution in [3.63, 3.8) is 0 Å². The van der Waals surface area contributed by atoms with Gasteiger partial charge in [-0.3, -0.25) is 9.59 Å². The number of alkyl halides is 3. The Morgan fingerprint density at radius 2 is 1.60 bits per heavy atom. The summed E-state index contributed by atoms with van der Waals surface area (Å²) >= 11 is 5.86. The van der Waals surface area contributed by atoms with Crippen LogP contribution in [0.3, 0.4) is 0 Å². The minimum Gasteiger partial charge on any atom is -0.349 e. The molecule has 0 aliphatic carbocycles. The highest BCUT2D eigenvalue weighted by Gasteiger charge is 2.30. The van der Waals surface area contributed by atoms with Crippen molar-refractivity contribution in [1.29, 1.82) is 0 Å². The SMILES string of the molecule is O=C(NC1CCN(C(=O)CCc2ccc(Cl)cc2)CC1)c1ccc(C(F)(F)F)cc1. The number of hydrogen-bond acceptors (Lipinski definition) is 2. The van der Waals surface area contributed by atoms with Crippen molar-refractivity contribution in [3.05, 3.63) is 70.2 Å². The van der Waals surface area contributed by atoms with Crippen LogP contribution in [0.1, 0.15) is 40.7 Å². The summed E-state index contributed by atoms with van der Waals surface area (Å²) in [4.78, 5) is 26.5. The maximum atomic E-state index is 12.6. The summed E-state index contributed by atoms with van der Waals surface area (Å²) in [6.07, 6.45) is -2.16. The third-order valence-electron chi connectivity index (χ3n) is 5.20. The maximum absolute atomic E-state index is 12.6. The minimum absolute atomic E-state index is 0.0671. The van der Waals surface area contributed by atoms with Crippen molar-refractivity contribution >= 4 is 23.4 Å². The van der Waals surface area contributed by atoms with Crippen molar-refractivity contribution in [3.8, 4) is 0 Å². The highest BCUT2D eigenvalue weighted by molar-refractivity contribution is 6.30. The van der Waals surface area contributed by atoms with E-state index in [0.717, 1.165) is 17.7 Å². The van der Waals surface area contributed by atoms with Crippen LogP contribution in [0.25, 0.3) is 0 Å². The number of hydrogen-bond donors (Lipinski definition) is 1. The molecular weight excluding hydrogens is 417 g/mol.